The Bertz CT molecular complexity index is 890. The zero-order valence-electron chi connectivity index (χ0n) is 15.9. The molecule has 0 saturated heterocycles. The minimum absolute atomic E-state index is 0.271. The molecule has 1 heterocycles. The van der Waals surface area contributed by atoms with Crippen molar-refractivity contribution in [2.45, 2.75) is 27.2 Å². The molecule has 0 atom stereocenters. The van der Waals surface area contributed by atoms with Gasteiger partial charge in [-0.25, -0.2) is 9.59 Å². The van der Waals surface area contributed by atoms with Gasteiger partial charge in [-0.1, -0.05) is 25.1 Å². The van der Waals surface area contributed by atoms with Crippen LogP contribution in [0.4, 0.5) is 10.7 Å². The van der Waals surface area contributed by atoms with Crippen LogP contribution in [-0.4, -0.2) is 31.3 Å². The zero-order chi connectivity index (χ0) is 20.1. The van der Waals surface area contributed by atoms with Gasteiger partial charge >= 0.3 is 11.9 Å². The van der Waals surface area contributed by atoms with Crippen LogP contribution < -0.4 is 10.6 Å². The molecule has 1 aromatic carbocycles. The fraction of sp³-hybridized carbons (Fsp3) is 0.316. The van der Waals surface area contributed by atoms with E-state index in [1.165, 1.54) is 14.2 Å². The van der Waals surface area contributed by atoms with E-state index in [0.29, 0.717) is 20.6 Å². The number of nitrogens with one attached hydrogen (secondary N) is 2. The number of thiophene rings is 1. The Hall–Kier alpha value is -2.45. The minimum atomic E-state index is -0.547. The number of hydrogen-bond donors (Lipinski definition) is 2. The molecule has 6 nitrogen and oxygen atoms in total. The summed E-state index contributed by atoms with van der Waals surface area (Å²) in [7, 11) is 2.58. The lowest BCUT2D eigenvalue weighted by Crippen LogP contribution is -2.21. The first kappa shape index (κ1) is 20.9. The monoisotopic (exact) mass is 406 g/mol. The van der Waals surface area contributed by atoms with Gasteiger partial charge in [-0.3, -0.25) is 0 Å². The first-order valence-electron chi connectivity index (χ1n) is 8.30. The van der Waals surface area contributed by atoms with Crippen molar-refractivity contribution in [1.82, 2.24) is 0 Å². The average Bonchev–Trinajstić information content (AvgIpc) is 2.97. The van der Waals surface area contributed by atoms with Crippen LogP contribution >= 0.6 is 23.6 Å². The summed E-state index contributed by atoms with van der Waals surface area (Å²) in [4.78, 5) is 24.5. The predicted octanol–water partition coefficient (Wildman–Crippen LogP) is 4.31. The number of para-hydroxylation sites is 1. The molecule has 0 saturated carbocycles. The number of methoxy groups -OCH3 is 2. The van der Waals surface area contributed by atoms with Crippen LogP contribution in [-0.2, 0) is 15.9 Å². The molecule has 0 radical (unpaired) electrons. The number of ether oxygens (including phenoxy) is 2. The number of thiocarbonyl (C=S) groups is 1. The summed E-state index contributed by atoms with van der Waals surface area (Å²) < 4.78 is 9.64. The highest BCUT2D eigenvalue weighted by molar-refractivity contribution is 7.80. The van der Waals surface area contributed by atoms with E-state index in [0.717, 1.165) is 34.6 Å². The fourth-order valence-corrected chi connectivity index (χ4v) is 4.07. The Balaban J connectivity index is 2.35. The first-order chi connectivity index (χ1) is 12.8. The molecule has 1 aromatic heterocycles. The molecule has 0 fully saturated rings. The number of esters is 2. The molecule has 27 heavy (non-hydrogen) atoms. The summed E-state index contributed by atoms with van der Waals surface area (Å²) in [5, 5.41) is 6.97. The lowest BCUT2D eigenvalue weighted by Gasteiger charge is -2.15. The summed E-state index contributed by atoms with van der Waals surface area (Å²) in [6, 6.07) is 6.02. The molecule has 0 bridgehead atoms. The van der Waals surface area contributed by atoms with E-state index in [-0.39, 0.29) is 5.56 Å². The van der Waals surface area contributed by atoms with E-state index in [9.17, 15) is 9.59 Å². The molecule has 0 aliphatic carbocycles. The van der Waals surface area contributed by atoms with Crippen LogP contribution in [0.5, 0.6) is 0 Å². The van der Waals surface area contributed by atoms with E-state index < -0.39 is 11.9 Å². The first-order valence-corrected chi connectivity index (χ1v) is 9.52. The van der Waals surface area contributed by atoms with E-state index >= 15 is 0 Å². The van der Waals surface area contributed by atoms with Crippen molar-refractivity contribution in [3.05, 3.63) is 45.3 Å². The maximum Gasteiger partial charge on any atom is 0.348 e. The van der Waals surface area contributed by atoms with Gasteiger partial charge in [-0.2, -0.15) is 0 Å². The highest BCUT2D eigenvalue weighted by Crippen LogP contribution is 2.34. The molecule has 0 amide bonds. The van der Waals surface area contributed by atoms with Gasteiger partial charge in [-0.15, -0.1) is 11.3 Å². The molecule has 0 aliphatic heterocycles. The van der Waals surface area contributed by atoms with Gasteiger partial charge in [0.2, 0.25) is 0 Å². The second-order valence-corrected chi connectivity index (χ2v) is 7.21. The number of carbonyl (C=O) groups excluding carboxylic acids is 2. The van der Waals surface area contributed by atoms with E-state index in [2.05, 4.69) is 17.6 Å². The maximum atomic E-state index is 12.2. The molecule has 0 unspecified atom stereocenters. The van der Waals surface area contributed by atoms with E-state index in [4.69, 9.17) is 21.7 Å². The summed E-state index contributed by atoms with van der Waals surface area (Å²) in [5.41, 5.74) is 3.88. The zero-order valence-corrected chi connectivity index (χ0v) is 17.5. The molecule has 2 N–H and O–H groups in total. The fourth-order valence-electron chi connectivity index (χ4n) is 2.69. The van der Waals surface area contributed by atoms with Crippen molar-refractivity contribution in [3.63, 3.8) is 0 Å². The number of aryl methyl sites for hydroxylation is 2. The molecule has 144 valence electrons. The minimum Gasteiger partial charge on any atom is -0.465 e. The van der Waals surface area contributed by atoms with Gasteiger partial charge < -0.3 is 20.1 Å². The number of benzene rings is 1. The Morgan fingerprint density at radius 1 is 1.11 bits per heavy atom. The van der Waals surface area contributed by atoms with Gasteiger partial charge in [0.25, 0.3) is 0 Å². The average molecular weight is 407 g/mol. The lowest BCUT2D eigenvalue weighted by atomic mass is 10.1. The SMILES string of the molecule is CCc1cccc(C)c1NC(=S)Nc1sc(C(=O)OC)c(C)c1C(=O)OC. The van der Waals surface area contributed by atoms with Crippen LogP contribution in [0.25, 0.3) is 0 Å². The number of anilines is 2. The Morgan fingerprint density at radius 2 is 1.78 bits per heavy atom. The van der Waals surface area contributed by atoms with Gasteiger partial charge in [0, 0.05) is 5.69 Å². The van der Waals surface area contributed by atoms with Gasteiger partial charge in [-0.05, 0) is 49.2 Å². The summed E-state index contributed by atoms with van der Waals surface area (Å²) in [6.07, 6.45) is 0.852. The van der Waals surface area contributed by atoms with Crippen LogP contribution in [0.2, 0.25) is 0 Å². The van der Waals surface area contributed by atoms with Gasteiger partial charge in [0.15, 0.2) is 5.11 Å². The van der Waals surface area contributed by atoms with Crippen LogP contribution in [0, 0.1) is 13.8 Å². The number of rotatable bonds is 5. The topological polar surface area (TPSA) is 76.7 Å². The van der Waals surface area contributed by atoms with Crippen LogP contribution in [0.3, 0.4) is 0 Å². The van der Waals surface area contributed by atoms with Gasteiger partial charge in [0.05, 0.1) is 19.8 Å². The highest BCUT2D eigenvalue weighted by atomic mass is 32.1. The second-order valence-electron chi connectivity index (χ2n) is 5.79. The largest absolute Gasteiger partial charge is 0.465 e. The number of hydrogen-bond acceptors (Lipinski definition) is 6. The molecule has 2 aromatic rings. The van der Waals surface area contributed by atoms with Gasteiger partial charge in [0.1, 0.15) is 9.88 Å². The Morgan fingerprint density at radius 3 is 2.37 bits per heavy atom. The predicted molar refractivity (Wildman–Crippen MR) is 112 cm³/mol. The molecule has 0 aliphatic rings. The van der Waals surface area contributed by atoms with Crippen LogP contribution in [0.1, 0.15) is 43.6 Å². The number of carbonyl (C=O) groups is 2. The van der Waals surface area contributed by atoms with Crippen LogP contribution in [0.15, 0.2) is 18.2 Å². The smallest absolute Gasteiger partial charge is 0.348 e. The van der Waals surface area contributed by atoms with E-state index in [1.54, 1.807) is 6.92 Å². The Kier molecular flexibility index (Phi) is 6.92. The third-order valence-corrected chi connectivity index (χ3v) is 5.50. The standard InChI is InChI=1S/C19H22N2O4S2/c1-6-12-9-7-8-10(2)14(12)20-19(26)21-16-13(17(22)24-4)11(3)15(27-16)18(23)25-5/h7-9H,6H2,1-5H3,(H2,20,21,26). The highest BCUT2D eigenvalue weighted by Gasteiger charge is 2.26. The van der Waals surface area contributed by atoms with Crippen molar-refractivity contribution < 1.29 is 19.1 Å². The van der Waals surface area contributed by atoms with E-state index in [1.807, 2.05) is 25.1 Å². The third kappa shape index (κ3) is 4.45. The van der Waals surface area contributed by atoms with Crippen molar-refractivity contribution in [2.24, 2.45) is 0 Å². The van der Waals surface area contributed by atoms with Crippen molar-refractivity contribution in [3.8, 4) is 0 Å². The normalized spacial score (nSPS) is 10.3. The Labute approximate surface area is 167 Å². The molecule has 8 heteroatoms. The van der Waals surface area contributed by atoms with Crippen molar-refractivity contribution >= 4 is 51.3 Å². The molecular formula is C19H22N2O4S2. The third-order valence-electron chi connectivity index (χ3n) is 4.11. The maximum absolute atomic E-state index is 12.2. The molecular weight excluding hydrogens is 384 g/mol. The summed E-state index contributed by atoms with van der Waals surface area (Å²) >= 11 is 6.53. The summed E-state index contributed by atoms with van der Waals surface area (Å²) in [6.45, 7) is 5.74. The van der Waals surface area contributed by atoms with Crippen molar-refractivity contribution in [2.75, 3.05) is 24.9 Å². The molecule has 2 rings (SSSR count). The lowest BCUT2D eigenvalue weighted by molar-refractivity contribution is 0.0601. The summed E-state index contributed by atoms with van der Waals surface area (Å²) in [5.74, 6) is -1.06. The quantitative estimate of drug-likeness (QED) is 0.566. The molecule has 0 spiro atoms. The van der Waals surface area contributed by atoms with Crippen molar-refractivity contribution in [1.29, 1.82) is 0 Å². The second kappa shape index (κ2) is 8.96.